The lowest BCUT2D eigenvalue weighted by Gasteiger charge is -2.18. The van der Waals surface area contributed by atoms with E-state index in [1.165, 1.54) is 5.56 Å². The molecular weight excluding hydrogens is 312 g/mol. The molecule has 1 aromatic heterocycles. The van der Waals surface area contributed by atoms with Crippen LogP contribution in [-0.2, 0) is 21.6 Å². The fraction of sp³-hybridized carbons (Fsp3) is 0.238. The number of rotatable bonds is 4. The third kappa shape index (κ3) is 4.15. The number of hydrogen-bond donors (Lipinski definition) is 0. The Labute approximate surface area is 147 Å². The molecule has 1 heterocycles. The van der Waals surface area contributed by atoms with Crippen LogP contribution in [0.4, 0.5) is 0 Å². The molecule has 0 saturated carbocycles. The van der Waals surface area contributed by atoms with Gasteiger partial charge < -0.3 is 9.40 Å². The highest BCUT2D eigenvalue weighted by Crippen LogP contribution is 2.21. The van der Waals surface area contributed by atoms with E-state index in [2.05, 4.69) is 38.1 Å². The topological polar surface area (TPSA) is 43.6 Å². The van der Waals surface area contributed by atoms with Crippen LogP contribution < -0.4 is 0 Å². The molecule has 0 aliphatic heterocycles. The summed E-state index contributed by atoms with van der Waals surface area (Å²) in [5.74, 6) is -0.399. The molecule has 3 aromatic rings. The van der Waals surface area contributed by atoms with Crippen molar-refractivity contribution in [1.29, 1.82) is 0 Å². The number of benzene rings is 2. The largest absolute Gasteiger partial charge is 0.354 e. The highest BCUT2D eigenvalue weighted by molar-refractivity contribution is 5.82. The van der Waals surface area contributed by atoms with E-state index >= 15 is 0 Å². The highest BCUT2D eigenvalue weighted by Gasteiger charge is 2.12. The number of aromatic nitrogens is 1. The number of oxime groups is 1. The van der Waals surface area contributed by atoms with E-state index in [4.69, 9.17) is 4.84 Å². The van der Waals surface area contributed by atoms with Crippen LogP contribution in [-0.4, -0.2) is 16.8 Å². The summed E-state index contributed by atoms with van der Waals surface area (Å²) in [6.07, 6.45) is 3.43. The molecule has 0 radical (unpaired) electrons. The first-order chi connectivity index (χ1) is 11.9. The second kappa shape index (κ2) is 6.93. The Morgan fingerprint density at radius 1 is 1.08 bits per heavy atom. The van der Waals surface area contributed by atoms with Gasteiger partial charge in [0.05, 0.1) is 6.21 Å². The molecule has 0 aliphatic carbocycles. The number of carbonyl (C=O) groups excluding carboxylic acids is 1. The summed E-state index contributed by atoms with van der Waals surface area (Å²) in [6, 6.07) is 17.9. The monoisotopic (exact) mass is 334 g/mol. The zero-order valence-corrected chi connectivity index (χ0v) is 14.8. The van der Waals surface area contributed by atoms with Crippen LogP contribution in [0, 0.1) is 0 Å². The average Bonchev–Trinajstić information content (AvgIpc) is 2.98. The summed E-state index contributed by atoms with van der Waals surface area (Å²) in [6.45, 7) is 6.64. The Balaban J connectivity index is 1.59. The van der Waals surface area contributed by atoms with Crippen molar-refractivity contribution in [2.24, 2.45) is 5.16 Å². The first kappa shape index (κ1) is 17.0. The van der Waals surface area contributed by atoms with Crippen molar-refractivity contribution in [2.45, 2.75) is 32.7 Å². The lowest BCUT2D eigenvalue weighted by atomic mass is 9.87. The summed E-state index contributed by atoms with van der Waals surface area (Å²) in [4.78, 5) is 16.9. The lowest BCUT2D eigenvalue weighted by molar-refractivity contribution is -0.144. The van der Waals surface area contributed by atoms with Gasteiger partial charge in [0, 0.05) is 11.7 Å². The Hall–Kier alpha value is -2.88. The van der Waals surface area contributed by atoms with Crippen molar-refractivity contribution in [3.63, 3.8) is 0 Å². The van der Waals surface area contributed by atoms with Gasteiger partial charge in [-0.25, -0.2) is 4.79 Å². The van der Waals surface area contributed by atoms with E-state index in [0.717, 1.165) is 16.5 Å². The minimum Gasteiger partial charge on any atom is -0.336 e. The maximum atomic E-state index is 12.0. The Morgan fingerprint density at radius 2 is 1.80 bits per heavy atom. The van der Waals surface area contributed by atoms with Crippen LogP contribution in [0.15, 0.2) is 65.9 Å². The van der Waals surface area contributed by atoms with E-state index in [0.29, 0.717) is 0 Å². The van der Waals surface area contributed by atoms with Gasteiger partial charge in [-0.05, 0) is 34.1 Å². The molecule has 2 aromatic carbocycles. The molecule has 4 nitrogen and oxygen atoms in total. The van der Waals surface area contributed by atoms with Crippen LogP contribution in [0.25, 0.3) is 10.9 Å². The summed E-state index contributed by atoms with van der Waals surface area (Å²) in [5, 5.41) is 4.90. The lowest BCUT2D eigenvalue weighted by Crippen LogP contribution is -2.11. The van der Waals surface area contributed by atoms with Crippen LogP contribution in [0.1, 0.15) is 31.9 Å². The SMILES string of the molecule is CC(C)(C)c1ccc(C=NOC(=O)Cn2ccc3ccccc32)cc1. The van der Waals surface area contributed by atoms with Crippen molar-refractivity contribution in [3.05, 3.63) is 71.9 Å². The van der Waals surface area contributed by atoms with Gasteiger partial charge in [0.1, 0.15) is 6.54 Å². The molecule has 4 heteroatoms. The van der Waals surface area contributed by atoms with Crippen molar-refractivity contribution in [3.8, 4) is 0 Å². The third-order valence-corrected chi connectivity index (χ3v) is 4.11. The predicted molar refractivity (Wildman–Crippen MR) is 101 cm³/mol. The molecule has 3 rings (SSSR count). The van der Waals surface area contributed by atoms with Gasteiger partial charge in [-0.2, -0.15) is 0 Å². The van der Waals surface area contributed by atoms with E-state index in [1.54, 1.807) is 6.21 Å². The molecule has 0 saturated heterocycles. The fourth-order valence-corrected chi connectivity index (χ4v) is 2.66. The number of nitrogens with zero attached hydrogens (tertiary/aromatic N) is 2. The minimum absolute atomic E-state index is 0.113. The molecule has 0 spiro atoms. The van der Waals surface area contributed by atoms with Gasteiger partial charge in [-0.1, -0.05) is 68.4 Å². The fourth-order valence-electron chi connectivity index (χ4n) is 2.66. The third-order valence-electron chi connectivity index (χ3n) is 4.11. The van der Waals surface area contributed by atoms with Crippen LogP contribution in [0.5, 0.6) is 0 Å². The van der Waals surface area contributed by atoms with Gasteiger partial charge in [-0.15, -0.1) is 0 Å². The molecule has 0 aliphatic rings. The molecule has 0 fully saturated rings. The predicted octanol–water partition coefficient (Wildman–Crippen LogP) is 4.52. The maximum Gasteiger partial charge on any atom is 0.354 e. The molecule has 0 amide bonds. The summed E-state index contributed by atoms with van der Waals surface area (Å²) in [7, 11) is 0. The van der Waals surface area contributed by atoms with Gasteiger partial charge in [0.15, 0.2) is 0 Å². The standard InChI is InChI=1S/C21H22N2O2/c1-21(2,3)18-10-8-16(9-11-18)14-22-25-20(24)15-23-13-12-17-6-4-5-7-19(17)23/h4-14H,15H2,1-3H3. The smallest absolute Gasteiger partial charge is 0.336 e. The first-order valence-corrected chi connectivity index (χ1v) is 8.31. The van der Waals surface area contributed by atoms with Crippen molar-refractivity contribution in [1.82, 2.24) is 4.57 Å². The van der Waals surface area contributed by atoms with Crippen LogP contribution in [0.3, 0.4) is 0 Å². The summed E-state index contributed by atoms with van der Waals surface area (Å²) >= 11 is 0. The average molecular weight is 334 g/mol. The van der Waals surface area contributed by atoms with Gasteiger partial charge in [-0.3, -0.25) is 0 Å². The van der Waals surface area contributed by atoms with E-state index in [9.17, 15) is 4.79 Å². The molecule has 0 bridgehead atoms. The van der Waals surface area contributed by atoms with Crippen molar-refractivity contribution < 1.29 is 9.63 Å². The zero-order chi connectivity index (χ0) is 17.9. The summed E-state index contributed by atoms with van der Waals surface area (Å²) < 4.78 is 1.85. The molecule has 0 N–H and O–H groups in total. The molecule has 0 unspecified atom stereocenters. The number of fused-ring (bicyclic) bond motifs is 1. The second-order valence-electron chi connectivity index (χ2n) is 7.07. The number of hydrogen-bond acceptors (Lipinski definition) is 3. The Morgan fingerprint density at radius 3 is 2.52 bits per heavy atom. The van der Waals surface area contributed by atoms with Crippen molar-refractivity contribution >= 4 is 23.1 Å². The molecular formula is C21H22N2O2. The van der Waals surface area contributed by atoms with E-state index < -0.39 is 5.97 Å². The molecule has 128 valence electrons. The second-order valence-corrected chi connectivity index (χ2v) is 7.07. The molecule has 0 atom stereocenters. The van der Waals surface area contributed by atoms with Gasteiger partial charge in [0.2, 0.25) is 0 Å². The first-order valence-electron chi connectivity index (χ1n) is 8.31. The van der Waals surface area contributed by atoms with Crippen molar-refractivity contribution in [2.75, 3.05) is 0 Å². The van der Waals surface area contributed by atoms with E-state index in [-0.39, 0.29) is 12.0 Å². The normalized spacial score (nSPS) is 12.0. The summed E-state index contributed by atoms with van der Waals surface area (Å²) in [5.41, 5.74) is 3.26. The minimum atomic E-state index is -0.399. The number of carbonyl (C=O) groups is 1. The Bertz CT molecular complexity index is 900. The van der Waals surface area contributed by atoms with E-state index in [1.807, 2.05) is 53.2 Å². The quantitative estimate of drug-likeness (QED) is 0.400. The Kier molecular flexibility index (Phi) is 4.70. The zero-order valence-electron chi connectivity index (χ0n) is 14.8. The maximum absolute atomic E-state index is 12.0. The van der Waals surface area contributed by atoms with Crippen LogP contribution >= 0.6 is 0 Å². The number of para-hydroxylation sites is 1. The highest BCUT2D eigenvalue weighted by atomic mass is 16.7. The van der Waals surface area contributed by atoms with Gasteiger partial charge in [0.25, 0.3) is 0 Å². The molecule has 25 heavy (non-hydrogen) atoms. The van der Waals surface area contributed by atoms with Crippen LogP contribution in [0.2, 0.25) is 0 Å². The van der Waals surface area contributed by atoms with Gasteiger partial charge >= 0.3 is 5.97 Å².